The molecular formula is C8H7F3N4O. The molecule has 0 fully saturated rings. The molecule has 0 atom stereocenters. The second-order valence-electron chi connectivity index (χ2n) is 2.53. The molecule has 0 aliphatic rings. The molecule has 0 unspecified atom stereocenters. The number of carbonyl (C=O) groups is 1. The predicted molar refractivity (Wildman–Crippen MR) is 47.5 cm³/mol. The largest absolute Gasteiger partial charge is 0.472 e. The van der Waals surface area contributed by atoms with Crippen LogP contribution in [0.4, 0.5) is 13.2 Å². The van der Waals surface area contributed by atoms with Crippen LogP contribution in [0.5, 0.6) is 0 Å². The van der Waals surface area contributed by atoms with Crippen LogP contribution in [-0.4, -0.2) is 31.6 Å². The number of rotatable bonds is 0. The van der Waals surface area contributed by atoms with Gasteiger partial charge >= 0.3 is 12.1 Å². The molecule has 0 saturated heterocycles. The van der Waals surface area contributed by atoms with E-state index in [0.717, 1.165) is 18.7 Å². The van der Waals surface area contributed by atoms with Crippen molar-refractivity contribution in [2.45, 2.75) is 6.18 Å². The molecule has 86 valence electrons. The monoisotopic (exact) mass is 232 g/mol. The lowest BCUT2D eigenvalue weighted by atomic mass is 10.6. The summed E-state index contributed by atoms with van der Waals surface area (Å²) in [6.07, 6.45) is 3.09. The Hall–Kier alpha value is -2.12. The minimum atomic E-state index is -4.83. The van der Waals surface area contributed by atoms with E-state index in [-0.39, 0.29) is 0 Å². The summed E-state index contributed by atoms with van der Waals surface area (Å²) in [5, 5.41) is 0. The number of nitrogens with one attached hydrogen (secondary N) is 1. The third-order valence-electron chi connectivity index (χ3n) is 1.39. The highest BCUT2D eigenvalue weighted by atomic mass is 19.4. The number of carbonyl (C=O) groups excluding carboxylic acids is 1. The number of imidazole rings is 2. The van der Waals surface area contributed by atoms with Crippen molar-refractivity contribution in [1.82, 2.24) is 19.5 Å². The van der Waals surface area contributed by atoms with Crippen LogP contribution < -0.4 is 0 Å². The maximum atomic E-state index is 11.6. The third-order valence-corrected chi connectivity index (χ3v) is 1.39. The van der Waals surface area contributed by atoms with Crippen molar-refractivity contribution in [3.63, 3.8) is 0 Å². The van der Waals surface area contributed by atoms with E-state index < -0.39 is 12.1 Å². The molecule has 0 spiro atoms. The first-order valence-corrected chi connectivity index (χ1v) is 4.04. The average molecular weight is 232 g/mol. The lowest BCUT2D eigenvalue weighted by Crippen LogP contribution is -2.27. The van der Waals surface area contributed by atoms with E-state index in [4.69, 9.17) is 0 Å². The van der Waals surface area contributed by atoms with Crippen molar-refractivity contribution < 1.29 is 18.0 Å². The van der Waals surface area contributed by atoms with Crippen LogP contribution in [0.1, 0.15) is 4.79 Å². The Morgan fingerprint density at radius 1 is 1.25 bits per heavy atom. The maximum absolute atomic E-state index is 11.6. The molecule has 2 aromatic rings. The molecule has 0 radical (unpaired) electrons. The fourth-order valence-corrected chi connectivity index (χ4v) is 0.741. The van der Waals surface area contributed by atoms with E-state index in [1.807, 2.05) is 0 Å². The summed E-state index contributed by atoms with van der Waals surface area (Å²) < 4.78 is 35.2. The molecular weight excluding hydrogens is 225 g/mol. The van der Waals surface area contributed by atoms with E-state index in [1.54, 1.807) is 18.7 Å². The summed E-state index contributed by atoms with van der Waals surface area (Å²) in [4.78, 5) is 20.0. The van der Waals surface area contributed by atoms with Crippen molar-refractivity contribution in [3.05, 3.63) is 37.4 Å². The van der Waals surface area contributed by atoms with Gasteiger partial charge in [-0.05, 0) is 0 Å². The van der Waals surface area contributed by atoms with E-state index in [0.29, 0.717) is 4.57 Å². The van der Waals surface area contributed by atoms with Crippen LogP contribution in [0.3, 0.4) is 0 Å². The molecule has 8 heteroatoms. The van der Waals surface area contributed by atoms with Crippen LogP contribution in [0.2, 0.25) is 0 Å². The second-order valence-corrected chi connectivity index (χ2v) is 2.53. The molecule has 0 amide bonds. The molecule has 0 saturated carbocycles. The summed E-state index contributed by atoms with van der Waals surface area (Å²) in [6, 6.07) is 0. The number of aromatic amines is 1. The van der Waals surface area contributed by atoms with Gasteiger partial charge in [0, 0.05) is 24.8 Å². The standard InChI is InChI=1S/C5H3F3N2O.C3H4N2/c6-5(7,8)4(11)10-2-1-9-3-10;1-2-5-3-4-1/h1-3H;1-3H,(H,4,5). The van der Waals surface area contributed by atoms with Crippen LogP contribution in [-0.2, 0) is 0 Å². The Morgan fingerprint density at radius 2 is 2.00 bits per heavy atom. The molecule has 2 rings (SSSR count). The third kappa shape index (κ3) is 3.56. The van der Waals surface area contributed by atoms with Gasteiger partial charge < -0.3 is 4.98 Å². The normalized spacial score (nSPS) is 10.4. The Morgan fingerprint density at radius 3 is 2.31 bits per heavy atom. The van der Waals surface area contributed by atoms with Crippen molar-refractivity contribution in [3.8, 4) is 0 Å². The molecule has 0 aliphatic carbocycles. The number of hydrogen-bond donors (Lipinski definition) is 1. The SMILES string of the molecule is O=C(n1ccnc1)C(F)(F)F.c1c[nH]cn1. The van der Waals surface area contributed by atoms with E-state index in [1.165, 1.54) is 0 Å². The van der Waals surface area contributed by atoms with Crippen molar-refractivity contribution >= 4 is 5.91 Å². The van der Waals surface area contributed by atoms with Gasteiger partial charge in [-0.2, -0.15) is 13.2 Å². The summed E-state index contributed by atoms with van der Waals surface area (Å²) in [5.41, 5.74) is 0. The quantitative estimate of drug-likeness (QED) is 0.748. The molecule has 2 aromatic heterocycles. The number of hydrogen-bond acceptors (Lipinski definition) is 3. The van der Waals surface area contributed by atoms with Gasteiger partial charge in [-0.1, -0.05) is 0 Å². The minimum absolute atomic E-state index is 0.375. The zero-order valence-electron chi connectivity index (χ0n) is 7.85. The number of nitrogens with zero attached hydrogens (tertiary/aromatic N) is 3. The van der Waals surface area contributed by atoms with Crippen LogP contribution in [0.25, 0.3) is 0 Å². The molecule has 5 nitrogen and oxygen atoms in total. The van der Waals surface area contributed by atoms with E-state index in [9.17, 15) is 18.0 Å². The zero-order chi connectivity index (χ0) is 12.0. The summed E-state index contributed by atoms with van der Waals surface area (Å²) in [7, 11) is 0. The smallest absolute Gasteiger partial charge is 0.351 e. The van der Waals surface area contributed by atoms with Crippen molar-refractivity contribution in [2.75, 3.05) is 0 Å². The highest BCUT2D eigenvalue weighted by molar-refractivity contribution is 5.83. The fourth-order valence-electron chi connectivity index (χ4n) is 0.741. The van der Waals surface area contributed by atoms with Crippen molar-refractivity contribution in [1.29, 1.82) is 0 Å². The lowest BCUT2D eigenvalue weighted by molar-refractivity contribution is -0.0946. The predicted octanol–water partition coefficient (Wildman–Crippen LogP) is 1.50. The lowest BCUT2D eigenvalue weighted by Gasteiger charge is -2.03. The summed E-state index contributed by atoms with van der Waals surface area (Å²) in [5.74, 6) is -1.94. The van der Waals surface area contributed by atoms with Gasteiger partial charge in [-0.15, -0.1) is 0 Å². The first-order valence-electron chi connectivity index (χ1n) is 4.04. The first-order chi connectivity index (χ1) is 7.52. The van der Waals surface area contributed by atoms with Crippen LogP contribution >= 0.6 is 0 Å². The molecule has 16 heavy (non-hydrogen) atoms. The average Bonchev–Trinajstić information content (AvgIpc) is 2.91. The first kappa shape index (κ1) is 12.0. The number of halogens is 3. The summed E-state index contributed by atoms with van der Waals surface area (Å²) >= 11 is 0. The molecule has 0 aromatic carbocycles. The van der Waals surface area contributed by atoms with Crippen LogP contribution in [0.15, 0.2) is 37.4 Å². The minimum Gasteiger partial charge on any atom is -0.351 e. The molecule has 2 heterocycles. The topological polar surface area (TPSA) is 63.6 Å². The zero-order valence-corrected chi connectivity index (χ0v) is 7.85. The van der Waals surface area contributed by atoms with Gasteiger partial charge in [0.25, 0.3) is 0 Å². The van der Waals surface area contributed by atoms with Crippen molar-refractivity contribution in [2.24, 2.45) is 0 Å². The highest BCUT2D eigenvalue weighted by Crippen LogP contribution is 2.16. The Labute approximate surface area is 87.9 Å². The van der Waals surface area contributed by atoms with E-state index in [2.05, 4.69) is 15.0 Å². The van der Waals surface area contributed by atoms with Gasteiger partial charge in [-0.3, -0.25) is 9.36 Å². The highest BCUT2D eigenvalue weighted by Gasteiger charge is 2.39. The number of aromatic nitrogens is 4. The van der Waals surface area contributed by atoms with Gasteiger partial charge in [0.2, 0.25) is 0 Å². The van der Waals surface area contributed by atoms with Gasteiger partial charge in [0.1, 0.15) is 6.33 Å². The van der Waals surface area contributed by atoms with E-state index >= 15 is 0 Å². The summed E-state index contributed by atoms with van der Waals surface area (Å²) in [6.45, 7) is 0. The fraction of sp³-hybridized carbons (Fsp3) is 0.125. The second kappa shape index (κ2) is 5.10. The number of H-pyrrole nitrogens is 1. The molecule has 0 aliphatic heterocycles. The Balaban J connectivity index is 0.000000212. The maximum Gasteiger partial charge on any atom is 0.472 e. The Bertz CT molecular complexity index is 390. The van der Waals surface area contributed by atoms with Crippen LogP contribution in [0, 0.1) is 0 Å². The van der Waals surface area contributed by atoms with Gasteiger partial charge in [0.05, 0.1) is 6.33 Å². The molecule has 1 N–H and O–H groups in total. The van der Waals surface area contributed by atoms with Gasteiger partial charge in [-0.25, -0.2) is 9.97 Å². The molecule has 0 bridgehead atoms. The van der Waals surface area contributed by atoms with Gasteiger partial charge in [0.15, 0.2) is 0 Å². The Kier molecular flexibility index (Phi) is 3.81. The number of alkyl halides is 3.